The van der Waals surface area contributed by atoms with E-state index in [1.165, 1.54) is 17.7 Å². The van der Waals surface area contributed by atoms with Crippen molar-refractivity contribution < 1.29 is 4.79 Å². The largest absolute Gasteiger partial charge is 0.334 e. The summed E-state index contributed by atoms with van der Waals surface area (Å²) in [5.74, 6) is 0.525. The lowest BCUT2D eigenvalue weighted by atomic mass is 10.1. The first-order valence-corrected chi connectivity index (χ1v) is 10.9. The summed E-state index contributed by atoms with van der Waals surface area (Å²) in [6.45, 7) is 9.24. The molecule has 0 aliphatic rings. The highest BCUT2D eigenvalue weighted by Gasteiger charge is 2.23. The molecule has 0 spiro atoms. The number of thiophene rings is 1. The van der Waals surface area contributed by atoms with Gasteiger partial charge in [-0.25, -0.2) is 9.67 Å². The zero-order valence-electron chi connectivity index (χ0n) is 17.9. The number of hydrogen-bond acceptors (Lipinski definition) is 5. The lowest BCUT2D eigenvalue weighted by Crippen LogP contribution is -2.29. The fourth-order valence-corrected chi connectivity index (χ4v) is 4.66. The number of benzene rings is 1. The minimum Gasteiger partial charge on any atom is -0.334 e. The SMILES string of the molecule is Cc1nn(CC(C)C)c2sc(C(=O)N(C)C(C)c3ccc(-n4cncn4)cc3)cc12. The van der Waals surface area contributed by atoms with Gasteiger partial charge in [0.15, 0.2) is 0 Å². The minimum atomic E-state index is -0.0548. The van der Waals surface area contributed by atoms with Gasteiger partial charge in [0.05, 0.1) is 22.3 Å². The molecule has 1 unspecified atom stereocenters. The number of carbonyl (C=O) groups excluding carboxylic acids is 1. The van der Waals surface area contributed by atoms with Crippen LogP contribution in [0.2, 0.25) is 0 Å². The lowest BCUT2D eigenvalue weighted by Gasteiger charge is -2.25. The molecule has 0 radical (unpaired) electrons. The molecule has 3 heterocycles. The molecule has 30 heavy (non-hydrogen) atoms. The molecule has 0 fully saturated rings. The quantitative estimate of drug-likeness (QED) is 0.459. The second kappa shape index (κ2) is 8.02. The summed E-state index contributed by atoms with van der Waals surface area (Å²) in [6, 6.07) is 9.96. The minimum absolute atomic E-state index is 0.0274. The maximum absolute atomic E-state index is 13.2. The molecule has 0 aliphatic heterocycles. The summed E-state index contributed by atoms with van der Waals surface area (Å²) in [5, 5.41) is 9.86. The zero-order valence-corrected chi connectivity index (χ0v) is 18.7. The Labute approximate surface area is 180 Å². The van der Waals surface area contributed by atoms with E-state index >= 15 is 0 Å². The standard InChI is InChI=1S/C22H26N6OS/c1-14(2)11-27-22-19(15(3)25-27)10-20(30-22)21(29)26(5)16(4)17-6-8-18(9-7-17)28-13-23-12-24-28/h6-10,12-14,16H,11H2,1-5H3. The fourth-order valence-electron chi connectivity index (χ4n) is 3.51. The van der Waals surface area contributed by atoms with E-state index in [1.807, 2.05) is 55.9 Å². The molecule has 0 aliphatic carbocycles. The molecular formula is C22H26N6OS. The average Bonchev–Trinajstić information content (AvgIpc) is 3.46. The topological polar surface area (TPSA) is 68.8 Å². The van der Waals surface area contributed by atoms with Crippen molar-refractivity contribution in [1.82, 2.24) is 29.4 Å². The Morgan fingerprint density at radius 2 is 1.93 bits per heavy atom. The van der Waals surface area contributed by atoms with E-state index in [1.54, 1.807) is 15.9 Å². The van der Waals surface area contributed by atoms with Crippen molar-refractivity contribution in [3.8, 4) is 5.69 Å². The third-order valence-corrected chi connectivity index (χ3v) is 6.45. The van der Waals surface area contributed by atoms with Crippen molar-refractivity contribution in [3.05, 3.63) is 59.1 Å². The number of amides is 1. The molecular weight excluding hydrogens is 396 g/mol. The van der Waals surface area contributed by atoms with Crippen molar-refractivity contribution >= 4 is 27.5 Å². The van der Waals surface area contributed by atoms with E-state index in [4.69, 9.17) is 0 Å². The molecule has 0 saturated heterocycles. The summed E-state index contributed by atoms with van der Waals surface area (Å²) in [7, 11) is 1.86. The molecule has 8 heteroatoms. The van der Waals surface area contributed by atoms with E-state index < -0.39 is 0 Å². The number of carbonyl (C=O) groups is 1. The van der Waals surface area contributed by atoms with Crippen LogP contribution in [0, 0.1) is 12.8 Å². The first-order valence-electron chi connectivity index (χ1n) is 10.0. The van der Waals surface area contributed by atoms with Gasteiger partial charge in [-0.05, 0) is 43.5 Å². The summed E-state index contributed by atoms with van der Waals surface area (Å²) in [4.78, 5) is 20.8. The van der Waals surface area contributed by atoms with Crippen LogP contribution in [0.1, 0.15) is 47.7 Å². The van der Waals surface area contributed by atoms with E-state index in [0.29, 0.717) is 5.92 Å². The van der Waals surface area contributed by atoms with Gasteiger partial charge in [0.25, 0.3) is 5.91 Å². The van der Waals surface area contributed by atoms with Gasteiger partial charge >= 0.3 is 0 Å². The van der Waals surface area contributed by atoms with Crippen molar-refractivity contribution in [1.29, 1.82) is 0 Å². The van der Waals surface area contributed by atoms with E-state index in [2.05, 4.69) is 29.0 Å². The van der Waals surface area contributed by atoms with Crippen LogP contribution >= 0.6 is 11.3 Å². The highest BCUT2D eigenvalue weighted by atomic mass is 32.1. The summed E-state index contributed by atoms with van der Waals surface area (Å²) in [6.07, 6.45) is 3.17. The number of aromatic nitrogens is 5. The predicted octanol–water partition coefficient (Wildman–Crippen LogP) is 4.48. The van der Waals surface area contributed by atoms with Crippen molar-refractivity contribution in [2.45, 2.75) is 40.3 Å². The fraction of sp³-hybridized carbons (Fsp3) is 0.364. The highest BCUT2D eigenvalue weighted by Crippen LogP contribution is 2.31. The Balaban J connectivity index is 1.55. The predicted molar refractivity (Wildman–Crippen MR) is 119 cm³/mol. The molecule has 156 valence electrons. The molecule has 0 N–H and O–H groups in total. The number of hydrogen-bond donors (Lipinski definition) is 0. The number of aryl methyl sites for hydroxylation is 1. The first-order chi connectivity index (χ1) is 14.3. The molecule has 4 rings (SSSR count). The normalized spacial score (nSPS) is 12.6. The highest BCUT2D eigenvalue weighted by molar-refractivity contribution is 7.20. The third kappa shape index (κ3) is 3.75. The maximum atomic E-state index is 13.2. The Morgan fingerprint density at radius 3 is 2.57 bits per heavy atom. The van der Waals surface area contributed by atoms with E-state index in [9.17, 15) is 4.79 Å². The van der Waals surface area contributed by atoms with Gasteiger partial charge in [0.2, 0.25) is 0 Å². The van der Waals surface area contributed by atoms with Gasteiger partial charge in [-0.15, -0.1) is 11.3 Å². The van der Waals surface area contributed by atoms with E-state index in [0.717, 1.165) is 38.6 Å². The van der Waals surface area contributed by atoms with Crippen molar-refractivity contribution in [2.24, 2.45) is 5.92 Å². The molecule has 1 aromatic carbocycles. The van der Waals surface area contributed by atoms with Gasteiger partial charge in [-0.3, -0.25) is 9.48 Å². The second-order valence-corrected chi connectivity index (χ2v) is 9.05. The number of fused-ring (bicyclic) bond motifs is 1. The van der Waals surface area contributed by atoms with Crippen molar-refractivity contribution in [2.75, 3.05) is 7.05 Å². The number of nitrogens with zero attached hydrogens (tertiary/aromatic N) is 6. The summed E-state index contributed by atoms with van der Waals surface area (Å²) >= 11 is 1.53. The lowest BCUT2D eigenvalue weighted by molar-refractivity contribution is 0.0747. The van der Waals surface area contributed by atoms with Crippen LogP contribution in [-0.2, 0) is 6.54 Å². The molecule has 1 atom stereocenters. The molecule has 1 amide bonds. The Bertz CT molecular complexity index is 1160. The molecule has 0 bridgehead atoms. The van der Waals surface area contributed by atoms with Crippen LogP contribution < -0.4 is 0 Å². The van der Waals surface area contributed by atoms with Gasteiger partial charge < -0.3 is 4.90 Å². The van der Waals surface area contributed by atoms with Crippen LogP contribution in [0.4, 0.5) is 0 Å². The van der Waals surface area contributed by atoms with Gasteiger partial charge in [0, 0.05) is 19.0 Å². The van der Waals surface area contributed by atoms with Crippen LogP contribution in [-0.4, -0.2) is 42.4 Å². The van der Waals surface area contributed by atoms with Crippen LogP contribution in [0.15, 0.2) is 43.0 Å². The Morgan fingerprint density at radius 1 is 1.20 bits per heavy atom. The van der Waals surface area contributed by atoms with Gasteiger partial charge in [0.1, 0.15) is 17.5 Å². The molecule has 7 nitrogen and oxygen atoms in total. The van der Waals surface area contributed by atoms with Crippen molar-refractivity contribution in [3.63, 3.8) is 0 Å². The van der Waals surface area contributed by atoms with Crippen LogP contribution in [0.25, 0.3) is 15.9 Å². The molecule has 4 aromatic rings. The zero-order chi connectivity index (χ0) is 21.4. The average molecular weight is 423 g/mol. The molecule has 3 aromatic heterocycles. The van der Waals surface area contributed by atoms with E-state index in [-0.39, 0.29) is 11.9 Å². The second-order valence-electron chi connectivity index (χ2n) is 8.01. The Kier molecular flexibility index (Phi) is 5.42. The third-order valence-electron chi connectivity index (χ3n) is 5.32. The number of rotatable bonds is 6. The summed E-state index contributed by atoms with van der Waals surface area (Å²) in [5.41, 5.74) is 2.98. The summed E-state index contributed by atoms with van der Waals surface area (Å²) < 4.78 is 3.74. The first kappa shape index (κ1) is 20.3. The maximum Gasteiger partial charge on any atom is 0.264 e. The monoisotopic (exact) mass is 422 g/mol. The van der Waals surface area contributed by atoms with Gasteiger partial charge in [-0.1, -0.05) is 26.0 Å². The molecule has 0 saturated carbocycles. The van der Waals surface area contributed by atoms with Gasteiger partial charge in [-0.2, -0.15) is 10.2 Å². The smallest absolute Gasteiger partial charge is 0.264 e. The van der Waals surface area contributed by atoms with Crippen LogP contribution in [0.5, 0.6) is 0 Å². The Hall–Kier alpha value is -3.00. The van der Waals surface area contributed by atoms with Crippen LogP contribution in [0.3, 0.4) is 0 Å².